The molecule has 1 atom stereocenters. The van der Waals surface area contributed by atoms with E-state index < -0.39 is 14.3 Å². The fourth-order valence-corrected chi connectivity index (χ4v) is 9.29. The number of nitrogens with zero attached hydrogens (tertiary/aromatic N) is 3. The van der Waals surface area contributed by atoms with Gasteiger partial charge < -0.3 is 13.5 Å². The van der Waals surface area contributed by atoms with Crippen molar-refractivity contribution in [1.82, 2.24) is 15.0 Å². The number of rotatable bonds is 8. The summed E-state index contributed by atoms with van der Waals surface area (Å²) in [5.41, 5.74) is 9.21. The summed E-state index contributed by atoms with van der Waals surface area (Å²) in [4.78, 5) is 15.6. The molecule has 0 N–H and O–H groups in total. The van der Waals surface area contributed by atoms with Crippen molar-refractivity contribution < 1.29 is 13.5 Å². The highest BCUT2D eigenvalue weighted by molar-refractivity contribution is 7.70. The van der Waals surface area contributed by atoms with Crippen molar-refractivity contribution in [2.75, 3.05) is 26.7 Å². The molecule has 2 heterocycles. The molecule has 280 valence electrons. The van der Waals surface area contributed by atoms with Crippen LogP contribution >= 0.6 is 14.3 Å². The number of allylic oxidation sites excluding steroid dienone is 4. The fraction of sp³-hybridized carbons (Fsp3) is 0.122. The normalized spacial score (nSPS) is 14.6. The molecule has 0 saturated carbocycles. The molecule has 9 rings (SSSR count). The average molecular weight is 782 g/mol. The third-order valence-corrected chi connectivity index (χ3v) is 13.6. The minimum Gasteiger partial charge on any atom is -0.456 e. The van der Waals surface area contributed by atoms with Crippen LogP contribution in [0.15, 0.2) is 162 Å². The first-order valence-electron chi connectivity index (χ1n) is 19.1. The highest BCUT2D eigenvalue weighted by atomic mass is 31.2. The zero-order valence-corrected chi connectivity index (χ0v) is 34.0. The minimum absolute atomic E-state index is 0.0943. The number of hydrogen-bond acceptors (Lipinski definition) is 6. The first-order chi connectivity index (χ1) is 27.5. The van der Waals surface area contributed by atoms with Crippen LogP contribution in [0.3, 0.4) is 0 Å². The quantitative estimate of drug-likeness (QED) is 0.143. The summed E-state index contributed by atoms with van der Waals surface area (Å²) >= 11 is 0. The Kier molecular flexibility index (Phi) is 9.36. The lowest BCUT2D eigenvalue weighted by atomic mass is 9.91. The van der Waals surface area contributed by atoms with Gasteiger partial charge in [-0.05, 0) is 115 Å². The molecule has 0 saturated heterocycles. The Labute approximate surface area is 332 Å². The van der Waals surface area contributed by atoms with E-state index in [1.165, 1.54) is 0 Å². The van der Waals surface area contributed by atoms with E-state index in [0.717, 1.165) is 83.5 Å². The molecular formula is C49H41N3O3P2. The summed E-state index contributed by atoms with van der Waals surface area (Å²) in [6.45, 7) is 7.17. The molecule has 1 aliphatic carbocycles. The summed E-state index contributed by atoms with van der Waals surface area (Å²) in [6, 6.07) is 46.8. The highest BCUT2D eigenvalue weighted by Gasteiger charge is 2.22. The first-order valence-corrected chi connectivity index (χ1v) is 24.3. The van der Waals surface area contributed by atoms with Gasteiger partial charge in [-0.2, -0.15) is 0 Å². The zero-order valence-electron chi connectivity index (χ0n) is 32.3. The molecule has 0 aliphatic heterocycles. The van der Waals surface area contributed by atoms with Crippen LogP contribution in [-0.4, -0.2) is 41.6 Å². The van der Waals surface area contributed by atoms with Crippen LogP contribution in [0.5, 0.6) is 0 Å². The van der Waals surface area contributed by atoms with Gasteiger partial charge in [0.2, 0.25) is 0 Å². The van der Waals surface area contributed by atoms with Gasteiger partial charge in [0.15, 0.2) is 11.6 Å². The standard InChI is InChI=1S/C49H41N3O3P2/c1-56(2,53)41-19-11-16-34(29-41)38-26-39(35-17-12-20-42(30-35)57(3,4)54)28-40(27-38)49-51-47(36-18-10-15-33(25-36)32-13-6-5-7-14-32)50-48(52-49)37-23-24-44-43-21-8-9-22-45(43)55-46(44)31-37/h5-17,19-31,36H,18H2,1-4H3. The molecule has 6 aromatic carbocycles. The third kappa shape index (κ3) is 7.52. The Morgan fingerprint density at radius 3 is 1.75 bits per heavy atom. The maximum absolute atomic E-state index is 13.2. The Bertz CT molecular complexity index is 2920. The molecule has 1 aliphatic rings. The number of fused-ring (bicyclic) bond motifs is 3. The minimum atomic E-state index is -2.53. The van der Waals surface area contributed by atoms with E-state index in [-0.39, 0.29) is 5.92 Å². The van der Waals surface area contributed by atoms with Crippen molar-refractivity contribution in [3.8, 4) is 45.0 Å². The second-order valence-electron chi connectivity index (χ2n) is 15.5. The van der Waals surface area contributed by atoms with Crippen LogP contribution in [-0.2, 0) is 9.13 Å². The number of benzene rings is 6. The second kappa shape index (κ2) is 14.5. The van der Waals surface area contributed by atoms with Crippen LogP contribution in [0.2, 0.25) is 0 Å². The van der Waals surface area contributed by atoms with Crippen LogP contribution in [0.4, 0.5) is 0 Å². The van der Waals surface area contributed by atoms with Crippen molar-refractivity contribution in [3.05, 3.63) is 169 Å². The largest absolute Gasteiger partial charge is 0.456 e. The Morgan fingerprint density at radius 1 is 0.509 bits per heavy atom. The van der Waals surface area contributed by atoms with Gasteiger partial charge in [-0.3, -0.25) is 0 Å². The van der Waals surface area contributed by atoms with Crippen molar-refractivity contribution in [2.45, 2.75) is 12.3 Å². The SMILES string of the molecule is CP(C)(=O)c1cccc(-c2cc(-c3cccc(P(C)(C)=O)c3)cc(-c3nc(-c4ccc5c(c4)oc4ccccc45)nc(C4C=C(c5ccccc5)C=CC4)n3)c2)c1. The van der Waals surface area contributed by atoms with E-state index in [1.54, 1.807) is 26.7 Å². The lowest BCUT2D eigenvalue weighted by molar-refractivity contribution is 0.587. The van der Waals surface area contributed by atoms with Gasteiger partial charge in [-0.15, -0.1) is 0 Å². The molecule has 0 spiro atoms. The smallest absolute Gasteiger partial charge is 0.163 e. The van der Waals surface area contributed by atoms with E-state index in [4.69, 9.17) is 19.4 Å². The lowest BCUT2D eigenvalue weighted by Gasteiger charge is -2.18. The Morgan fingerprint density at radius 2 is 1.09 bits per heavy atom. The molecule has 0 radical (unpaired) electrons. The topological polar surface area (TPSA) is 86.0 Å². The Hall–Kier alpha value is -5.93. The van der Waals surface area contributed by atoms with Gasteiger partial charge in [0.05, 0.1) is 0 Å². The van der Waals surface area contributed by atoms with Gasteiger partial charge in [0, 0.05) is 38.4 Å². The van der Waals surface area contributed by atoms with E-state index >= 15 is 0 Å². The molecule has 2 aromatic heterocycles. The number of furan rings is 1. The van der Waals surface area contributed by atoms with Gasteiger partial charge in [-0.1, -0.05) is 109 Å². The van der Waals surface area contributed by atoms with Gasteiger partial charge >= 0.3 is 0 Å². The number of aromatic nitrogens is 3. The summed E-state index contributed by atoms with van der Waals surface area (Å²) in [5, 5.41) is 3.71. The molecule has 0 bridgehead atoms. The maximum atomic E-state index is 13.2. The van der Waals surface area contributed by atoms with Crippen LogP contribution in [0.25, 0.3) is 72.5 Å². The Balaban J connectivity index is 1.26. The predicted octanol–water partition coefficient (Wildman–Crippen LogP) is 12.1. The lowest BCUT2D eigenvalue weighted by Crippen LogP contribution is -2.09. The second-order valence-corrected chi connectivity index (χ2v) is 21.9. The average Bonchev–Trinajstić information content (AvgIpc) is 3.61. The predicted molar refractivity (Wildman–Crippen MR) is 238 cm³/mol. The van der Waals surface area contributed by atoms with Crippen LogP contribution in [0.1, 0.15) is 23.7 Å². The van der Waals surface area contributed by atoms with Crippen molar-refractivity contribution in [3.63, 3.8) is 0 Å². The first kappa shape index (κ1) is 36.7. The van der Waals surface area contributed by atoms with Crippen molar-refractivity contribution >= 4 is 52.4 Å². The molecular weight excluding hydrogens is 741 g/mol. The van der Waals surface area contributed by atoms with E-state index in [0.29, 0.717) is 17.5 Å². The maximum Gasteiger partial charge on any atom is 0.163 e. The van der Waals surface area contributed by atoms with Crippen LogP contribution < -0.4 is 10.6 Å². The number of hydrogen-bond donors (Lipinski definition) is 0. The van der Waals surface area contributed by atoms with Gasteiger partial charge in [0.25, 0.3) is 0 Å². The summed E-state index contributed by atoms with van der Waals surface area (Å²) in [6.07, 6.45) is 7.35. The summed E-state index contributed by atoms with van der Waals surface area (Å²) in [5.74, 6) is 1.66. The summed E-state index contributed by atoms with van der Waals surface area (Å²) < 4.78 is 32.8. The molecule has 1 unspecified atom stereocenters. The fourth-order valence-electron chi connectivity index (χ4n) is 7.50. The van der Waals surface area contributed by atoms with Crippen LogP contribution in [0, 0.1) is 0 Å². The third-order valence-electron chi connectivity index (χ3n) is 10.6. The molecule has 6 nitrogen and oxygen atoms in total. The molecule has 0 amide bonds. The molecule has 8 aromatic rings. The molecule has 8 heteroatoms. The van der Waals surface area contributed by atoms with Crippen molar-refractivity contribution in [2.24, 2.45) is 0 Å². The zero-order chi connectivity index (χ0) is 39.3. The highest BCUT2D eigenvalue weighted by Crippen LogP contribution is 2.40. The van der Waals surface area contributed by atoms with Gasteiger partial charge in [-0.25, -0.2) is 15.0 Å². The van der Waals surface area contributed by atoms with E-state index in [9.17, 15) is 9.13 Å². The van der Waals surface area contributed by atoms with Crippen molar-refractivity contribution in [1.29, 1.82) is 0 Å². The van der Waals surface area contributed by atoms with E-state index in [2.05, 4.69) is 78.9 Å². The molecule has 0 fully saturated rings. The monoisotopic (exact) mass is 781 g/mol. The molecule has 57 heavy (non-hydrogen) atoms. The van der Waals surface area contributed by atoms with E-state index in [1.807, 2.05) is 78.9 Å². The number of para-hydroxylation sites is 1. The summed E-state index contributed by atoms with van der Waals surface area (Å²) in [7, 11) is -5.06. The van der Waals surface area contributed by atoms with Gasteiger partial charge in [0.1, 0.15) is 31.3 Å².